The summed E-state index contributed by atoms with van der Waals surface area (Å²) in [6, 6.07) is 1.87. The van der Waals surface area contributed by atoms with E-state index >= 15 is 0 Å². The Morgan fingerprint density at radius 1 is 1.38 bits per heavy atom. The molecular weight excluding hydrogens is 286 g/mol. The van der Waals surface area contributed by atoms with Crippen molar-refractivity contribution < 1.29 is 14.7 Å². The minimum Gasteiger partial charge on any atom is -0.478 e. The van der Waals surface area contributed by atoms with E-state index in [0.29, 0.717) is 6.54 Å². The third-order valence-corrected chi connectivity index (χ3v) is 5.04. The lowest BCUT2D eigenvalue weighted by atomic mass is 9.75. The van der Waals surface area contributed by atoms with E-state index in [1.807, 2.05) is 18.4 Å². The Kier molecular flexibility index (Phi) is 5.17. The zero-order valence-corrected chi connectivity index (χ0v) is 13.0. The molecule has 0 spiro atoms. The second-order valence-electron chi connectivity index (χ2n) is 5.77. The molecule has 114 valence electrons. The van der Waals surface area contributed by atoms with Crippen LogP contribution in [-0.2, 0) is 16.1 Å². The molecule has 0 atom stereocenters. The van der Waals surface area contributed by atoms with Gasteiger partial charge in [0.1, 0.15) is 0 Å². The average Bonchev–Trinajstić information content (AvgIpc) is 2.90. The smallest absolute Gasteiger partial charge is 0.328 e. The summed E-state index contributed by atoms with van der Waals surface area (Å²) in [4.78, 5) is 23.9. The van der Waals surface area contributed by atoms with Crippen LogP contribution in [0.5, 0.6) is 0 Å². The number of carboxylic acids is 1. The number of rotatable bonds is 5. The van der Waals surface area contributed by atoms with Crippen molar-refractivity contribution in [2.45, 2.75) is 45.6 Å². The summed E-state index contributed by atoms with van der Waals surface area (Å²) < 4.78 is 0. The highest BCUT2D eigenvalue weighted by molar-refractivity contribution is 7.10. The van der Waals surface area contributed by atoms with Gasteiger partial charge in [0.2, 0.25) is 5.91 Å². The quantitative estimate of drug-likeness (QED) is 0.819. The molecular formula is C16H21NO3S. The monoisotopic (exact) mass is 307 g/mol. The predicted octanol–water partition coefficient (Wildman–Crippen LogP) is 3.43. The van der Waals surface area contributed by atoms with Gasteiger partial charge < -0.3 is 10.4 Å². The van der Waals surface area contributed by atoms with Gasteiger partial charge in [-0.3, -0.25) is 4.79 Å². The maximum Gasteiger partial charge on any atom is 0.328 e. The third-order valence-electron chi connectivity index (χ3n) is 4.10. The Morgan fingerprint density at radius 3 is 2.76 bits per heavy atom. The van der Waals surface area contributed by atoms with Crippen molar-refractivity contribution in [3.8, 4) is 0 Å². The first-order chi connectivity index (χ1) is 10.0. The molecule has 1 heterocycles. The number of nitrogens with one attached hydrogen (secondary N) is 1. The molecule has 1 aliphatic rings. The van der Waals surface area contributed by atoms with Gasteiger partial charge in [-0.25, -0.2) is 4.79 Å². The maximum absolute atomic E-state index is 12.4. The molecule has 0 saturated heterocycles. The average molecular weight is 307 g/mol. The standard InChI is InChI=1S/C16H21NO3S/c1-16(8-3-2-4-9-16)15(20)17-11-13-12(7-10-21-13)5-6-14(18)19/h5-7,10H,2-4,8-9,11H2,1H3,(H,17,20)(H,18,19)/b6-5+. The molecule has 21 heavy (non-hydrogen) atoms. The van der Waals surface area contributed by atoms with Gasteiger partial charge in [-0.05, 0) is 35.9 Å². The van der Waals surface area contributed by atoms with Crippen LogP contribution >= 0.6 is 11.3 Å². The van der Waals surface area contributed by atoms with E-state index < -0.39 is 5.97 Å². The highest BCUT2D eigenvalue weighted by atomic mass is 32.1. The maximum atomic E-state index is 12.4. The zero-order chi connectivity index (χ0) is 15.3. The molecule has 1 saturated carbocycles. The highest BCUT2D eigenvalue weighted by Crippen LogP contribution is 2.36. The summed E-state index contributed by atoms with van der Waals surface area (Å²) in [5.41, 5.74) is 0.614. The minimum absolute atomic E-state index is 0.115. The second-order valence-corrected chi connectivity index (χ2v) is 6.78. The molecule has 0 unspecified atom stereocenters. The van der Waals surface area contributed by atoms with Crippen LogP contribution in [0.25, 0.3) is 6.08 Å². The first-order valence-electron chi connectivity index (χ1n) is 7.27. The molecule has 5 heteroatoms. The Bertz CT molecular complexity index is 541. The number of thiophene rings is 1. The van der Waals surface area contributed by atoms with Crippen molar-refractivity contribution >= 4 is 29.3 Å². The van der Waals surface area contributed by atoms with Gasteiger partial charge in [0.05, 0.1) is 6.54 Å². The van der Waals surface area contributed by atoms with Gasteiger partial charge in [-0.15, -0.1) is 11.3 Å². The number of hydrogen-bond donors (Lipinski definition) is 2. The molecule has 1 amide bonds. The molecule has 0 aliphatic heterocycles. The van der Waals surface area contributed by atoms with Crippen molar-refractivity contribution in [3.05, 3.63) is 28.0 Å². The molecule has 1 aromatic rings. The summed E-state index contributed by atoms with van der Waals surface area (Å²) in [6.45, 7) is 2.51. The number of carbonyl (C=O) groups excluding carboxylic acids is 1. The molecule has 0 bridgehead atoms. The third kappa shape index (κ3) is 4.17. The highest BCUT2D eigenvalue weighted by Gasteiger charge is 2.34. The van der Waals surface area contributed by atoms with Crippen LogP contribution < -0.4 is 5.32 Å². The molecule has 4 nitrogen and oxygen atoms in total. The van der Waals surface area contributed by atoms with E-state index in [2.05, 4.69) is 5.32 Å². The van der Waals surface area contributed by atoms with Crippen molar-refractivity contribution in [2.24, 2.45) is 5.41 Å². The molecule has 2 N–H and O–H groups in total. The largest absolute Gasteiger partial charge is 0.478 e. The molecule has 1 aliphatic carbocycles. The lowest BCUT2D eigenvalue weighted by Crippen LogP contribution is -2.39. The fourth-order valence-electron chi connectivity index (χ4n) is 2.74. The summed E-state index contributed by atoms with van der Waals surface area (Å²) in [5, 5.41) is 13.6. The van der Waals surface area contributed by atoms with Gasteiger partial charge >= 0.3 is 5.97 Å². The van der Waals surface area contributed by atoms with Gasteiger partial charge in [0.25, 0.3) is 0 Å². The molecule has 0 radical (unpaired) electrons. The Hall–Kier alpha value is -1.62. The van der Waals surface area contributed by atoms with Crippen molar-refractivity contribution in [1.82, 2.24) is 5.32 Å². The first kappa shape index (κ1) is 15.8. The van der Waals surface area contributed by atoms with Gasteiger partial charge in [0, 0.05) is 16.4 Å². The zero-order valence-electron chi connectivity index (χ0n) is 12.2. The van der Waals surface area contributed by atoms with Crippen LogP contribution in [0.2, 0.25) is 0 Å². The van der Waals surface area contributed by atoms with Crippen molar-refractivity contribution in [2.75, 3.05) is 0 Å². The van der Waals surface area contributed by atoms with E-state index in [0.717, 1.165) is 42.2 Å². The number of amides is 1. The van der Waals surface area contributed by atoms with E-state index in [1.165, 1.54) is 17.8 Å². The lowest BCUT2D eigenvalue weighted by Gasteiger charge is -2.32. The van der Waals surface area contributed by atoms with Crippen LogP contribution in [0.3, 0.4) is 0 Å². The lowest BCUT2D eigenvalue weighted by molar-refractivity contribution is -0.132. The van der Waals surface area contributed by atoms with Gasteiger partial charge in [-0.2, -0.15) is 0 Å². The normalized spacial score (nSPS) is 17.8. The Labute approximate surface area is 128 Å². The SMILES string of the molecule is CC1(C(=O)NCc2sccc2/C=C/C(=O)O)CCCCC1. The molecule has 1 aromatic heterocycles. The predicted molar refractivity (Wildman–Crippen MR) is 84.0 cm³/mol. The summed E-state index contributed by atoms with van der Waals surface area (Å²) in [7, 11) is 0. The van der Waals surface area contributed by atoms with Gasteiger partial charge in [-0.1, -0.05) is 26.2 Å². The fourth-order valence-corrected chi connectivity index (χ4v) is 3.54. The number of hydrogen-bond acceptors (Lipinski definition) is 3. The Morgan fingerprint density at radius 2 is 2.10 bits per heavy atom. The number of carbonyl (C=O) groups is 2. The minimum atomic E-state index is -0.967. The Balaban J connectivity index is 1.95. The molecule has 1 fully saturated rings. The van der Waals surface area contributed by atoms with Crippen LogP contribution in [-0.4, -0.2) is 17.0 Å². The summed E-state index contributed by atoms with van der Waals surface area (Å²) in [6.07, 6.45) is 8.06. The topological polar surface area (TPSA) is 66.4 Å². The molecule has 2 rings (SSSR count). The molecule has 0 aromatic carbocycles. The van der Waals surface area contributed by atoms with Crippen molar-refractivity contribution in [3.63, 3.8) is 0 Å². The van der Waals surface area contributed by atoms with E-state index in [1.54, 1.807) is 6.08 Å². The van der Waals surface area contributed by atoms with E-state index in [4.69, 9.17) is 5.11 Å². The number of aliphatic carboxylic acids is 1. The number of carboxylic acid groups (broad SMARTS) is 1. The first-order valence-corrected chi connectivity index (χ1v) is 8.15. The van der Waals surface area contributed by atoms with Crippen LogP contribution in [0, 0.1) is 5.41 Å². The van der Waals surface area contributed by atoms with E-state index in [9.17, 15) is 9.59 Å². The van der Waals surface area contributed by atoms with Gasteiger partial charge in [0.15, 0.2) is 0 Å². The van der Waals surface area contributed by atoms with Crippen LogP contribution in [0.1, 0.15) is 49.5 Å². The fraction of sp³-hybridized carbons (Fsp3) is 0.500. The van der Waals surface area contributed by atoms with Crippen LogP contribution in [0.15, 0.2) is 17.5 Å². The van der Waals surface area contributed by atoms with Crippen molar-refractivity contribution in [1.29, 1.82) is 0 Å². The summed E-state index contributed by atoms with van der Waals surface area (Å²) in [5.74, 6) is -0.852. The summed E-state index contributed by atoms with van der Waals surface area (Å²) >= 11 is 1.53. The second kappa shape index (κ2) is 6.89. The van der Waals surface area contributed by atoms with Crippen LogP contribution in [0.4, 0.5) is 0 Å². The van der Waals surface area contributed by atoms with E-state index in [-0.39, 0.29) is 11.3 Å².